The summed E-state index contributed by atoms with van der Waals surface area (Å²) in [5.74, 6) is 0. The Hall–Kier alpha value is -0.770. The molecule has 0 spiro atoms. The molecule has 2 aliphatic rings. The monoisotopic (exact) mass is 170 g/mol. The third-order valence-electron chi connectivity index (χ3n) is 2.26. The van der Waals surface area contributed by atoms with E-state index in [-0.39, 0.29) is 6.03 Å². The van der Waals surface area contributed by atoms with Crippen LogP contribution in [0.25, 0.3) is 0 Å². The number of urea groups is 1. The van der Waals surface area contributed by atoms with Crippen molar-refractivity contribution in [2.24, 2.45) is 0 Å². The highest BCUT2D eigenvalue weighted by atomic mass is 16.3. The Morgan fingerprint density at radius 1 is 1.58 bits per heavy atom. The molecule has 12 heavy (non-hydrogen) atoms. The lowest BCUT2D eigenvalue weighted by Crippen LogP contribution is -2.63. The number of nitrogens with one attached hydrogen (secondary N) is 1. The zero-order chi connectivity index (χ0) is 8.77. The highest BCUT2D eigenvalue weighted by molar-refractivity contribution is 5.76. The highest BCUT2D eigenvalue weighted by Gasteiger charge is 2.40. The second-order valence-corrected chi connectivity index (χ2v) is 4.08. The summed E-state index contributed by atoms with van der Waals surface area (Å²) in [7, 11) is 0. The zero-order valence-electron chi connectivity index (χ0n) is 7.21. The Balaban J connectivity index is 1.75. The summed E-state index contributed by atoms with van der Waals surface area (Å²) >= 11 is 0. The molecule has 2 fully saturated rings. The fraction of sp³-hybridized carbons (Fsp3) is 0.875. The Kier molecular flexibility index (Phi) is 1.54. The Bertz CT molecular complexity index is 203. The van der Waals surface area contributed by atoms with Gasteiger partial charge in [-0.3, -0.25) is 0 Å². The van der Waals surface area contributed by atoms with Crippen molar-refractivity contribution in [2.45, 2.75) is 31.4 Å². The molecule has 4 nitrogen and oxygen atoms in total. The van der Waals surface area contributed by atoms with E-state index in [1.165, 1.54) is 0 Å². The van der Waals surface area contributed by atoms with Gasteiger partial charge in [0.1, 0.15) is 0 Å². The Morgan fingerprint density at radius 2 is 2.17 bits per heavy atom. The summed E-state index contributed by atoms with van der Waals surface area (Å²) < 4.78 is 0. The number of rotatable bonds is 1. The van der Waals surface area contributed by atoms with Crippen molar-refractivity contribution in [3.63, 3.8) is 0 Å². The van der Waals surface area contributed by atoms with Crippen molar-refractivity contribution in [3.8, 4) is 0 Å². The molecule has 1 aliphatic carbocycles. The maximum Gasteiger partial charge on any atom is 0.317 e. The van der Waals surface area contributed by atoms with Gasteiger partial charge in [-0.05, 0) is 19.8 Å². The molecule has 4 heteroatoms. The van der Waals surface area contributed by atoms with Crippen molar-refractivity contribution in [1.29, 1.82) is 0 Å². The van der Waals surface area contributed by atoms with E-state index in [9.17, 15) is 9.90 Å². The van der Waals surface area contributed by atoms with E-state index in [4.69, 9.17) is 0 Å². The highest BCUT2D eigenvalue weighted by Crippen LogP contribution is 2.22. The van der Waals surface area contributed by atoms with Crippen molar-refractivity contribution in [1.82, 2.24) is 10.2 Å². The van der Waals surface area contributed by atoms with Crippen LogP contribution in [-0.2, 0) is 0 Å². The van der Waals surface area contributed by atoms with Crippen LogP contribution in [0.1, 0.15) is 19.8 Å². The largest absolute Gasteiger partial charge is 0.386 e. The van der Waals surface area contributed by atoms with E-state index in [1.807, 2.05) is 0 Å². The average molecular weight is 170 g/mol. The van der Waals surface area contributed by atoms with Gasteiger partial charge in [0.15, 0.2) is 0 Å². The average Bonchev–Trinajstić information content (AvgIpc) is 2.66. The Morgan fingerprint density at radius 3 is 2.58 bits per heavy atom. The molecule has 0 radical (unpaired) electrons. The van der Waals surface area contributed by atoms with Crippen molar-refractivity contribution in [3.05, 3.63) is 0 Å². The minimum atomic E-state index is -0.652. The van der Waals surface area contributed by atoms with Crippen LogP contribution in [0.2, 0.25) is 0 Å². The van der Waals surface area contributed by atoms with Gasteiger partial charge in [0.2, 0.25) is 0 Å². The molecule has 1 saturated heterocycles. The van der Waals surface area contributed by atoms with E-state index in [2.05, 4.69) is 5.32 Å². The van der Waals surface area contributed by atoms with E-state index < -0.39 is 5.60 Å². The molecule has 2 amide bonds. The summed E-state index contributed by atoms with van der Waals surface area (Å²) in [6.07, 6.45) is 2.21. The van der Waals surface area contributed by atoms with Crippen LogP contribution >= 0.6 is 0 Å². The predicted octanol–water partition coefficient (Wildman–Crippen LogP) is -0.0750. The molecule has 0 unspecified atom stereocenters. The predicted molar refractivity (Wildman–Crippen MR) is 43.8 cm³/mol. The topological polar surface area (TPSA) is 52.6 Å². The number of hydrogen-bond donors (Lipinski definition) is 2. The first-order valence-electron chi connectivity index (χ1n) is 4.35. The lowest BCUT2D eigenvalue weighted by atomic mass is 9.98. The molecule has 68 valence electrons. The van der Waals surface area contributed by atoms with Crippen LogP contribution < -0.4 is 5.32 Å². The zero-order valence-corrected chi connectivity index (χ0v) is 7.21. The van der Waals surface area contributed by atoms with E-state index >= 15 is 0 Å². The molecule has 0 aromatic heterocycles. The summed E-state index contributed by atoms with van der Waals surface area (Å²) in [5.41, 5.74) is -0.652. The SMILES string of the molecule is CC1(O)CN(C(=O)NC2CC2)C1. The van der Waals surface area contributed by atoms with Gasteiger partial charge in [-0.25, -0.2) is 4.79 Å². The van der Waals surface area contributed by atoms with Gasteiger partial charge in [-0.15, -0.1) is 0 Å². The van der Waals surface area contributed by atoms with Gasteiger partial charge in [0.25, 0.3) is 0 Å². The summed E-state index contributed by atoms with van der Waals surface area (Å²) in [4.78, 5) is 12.9. The summed E-state index contributed by atoms with van der Waals surface area (Å²) in [6.45, 7) is 2.67. The van der Waals surface area contributed by atoms with Gasteiger partial charge in [0.05, 0.1) is 18.7 Å². The first kappa shape index (κ1) is 7.86. The molecule has 0 bridgehead atoms. The van der Waals surface area contributed by atoms with E-state index in [0.717, 1.165) is 12.8 Å². The molecule has 0 aromatic carbocycles. The van der Waals surface area contributed by atoms with Crippen LogP contribution in [0.3, 0.4) is 0 Å². The van der Waals surface area contributed by atoms with Gasteiger partial charge in [-0.2, -0.15) is 0 Å². The van der Waals surface area contributed by atoms with Gasteiger partial charge in [-0.1, -0.05) is 0 Å². The molecule has 1 aliphatic heterocycles. The summed E-state index contributed by atoms with van der Waals surface area (Å²) in [6, 6.07) is 0.382. The maximum atomic E-state index is 11.3. The fourth-order valence-electron chi connectivity index (χ4n) is 1.41. The van der Waals surface area contributed by atoms with Crippen LogP contribution in [0, 0.1) is 0 Å². The number of aliphatic hydroxyl groups is 1. The number of hydrogen-bond acceptors (Lipinski definition) is 2. The fourth-order valence-corrected chi connectivity index (χ4v) is 1.41. The third kappa shape index (κ3) is 1.53. The lowest BCUT2D eigenvalue weighted by Gasteiger charge is -2.43. The minimum absolute atomic E-state index is 0.0241. The number of carbonyl (C=O) groups is 1. The number of carbonyl (C=O) groups excluding carboxylic acids is 1. The number of β-amino-alcohol motifs (C(OH)–C–C–N with tert-alkyl or cyclic N) is 1. The number of amides is 2. The number of nitrogens with zero attached hydrogens (tertiary/aromatic N) is 1. The van der Waals surface area contributed by atoms with Crippen LogP contribution in [0.15, 0.2) is 0 Å². The second kappa shape index (κ2) is 2.36. The second-order valence-electron chi connectivity index (χ2n) is 4.08. The molecule has 2 rings (SSSR count). The van der Waals surface area contributed by atoms with Crippen LogP contribution in [0.4, 0.5) is 4.79 Å². The quantitative estimate of drug-likeness (QED) is 0.578. The molecular formula is C8H14N2O2. The first-order chi connectivity index (χ1) is 5.57. The molecule has 2 N–H and O–H groups in total. The molecule has 1 heterocycles. The minimum Gasteiger partial charge on any atom is -0.386 e. The van der Waals surface area contributed by atoms with Gasteiger partial charge < -0.3 is 15.3 Å². The van der Waals surface area contributed by atoms with Crippen molar-refractivity contribution < 1.29 is 9.90 Å². The van der Waals surface area contributed by atoms with Crippen LogP contribution in [-0.4, -0.2) is 40.8 Å². The smallest absolute Gasteiger partial charge is 0.317 e. The van der Waals surface area contributed by atoms with Gasteiger partial charge >= 0.3 is 6.03 Å². The van der Waals surface area contributed by atoms with E-state index in [1.54, 1.807) is 11.8 Å². The molecule has 0 aromatic rings. The van der Waals surface area contributed by atoms with Crippen molar-refractivity contribution >= 4 is 6.03 Å². The first-order valence-corrected chi connectivity index (χ1v) is 4.35. The molecule has 0 atom stereocenters. The maximum absolute atomic E-state index is 11.3. The normalized spacial score (nSPS) is 26.3. The van der Waals surface area contributed by atoms with Crippen molar-refractivity contribution in [2.75, 3.05) is 13.1 Å². The molecule has 1 saturated carbocycles. The Labute approximate surface area is 71.5 Å². The summed E-state index contributed by atoms with van der Waals surface area (Å²) in [5, 5.41) is 12.2. The molecular weight excluding hydrogens is 156 g/mol. The third-order valence-corrected chi connectivity index (χ3v) is 2.26. The van der Waals surface area contributed by atoms with Crippen LogP contribution in [0.5, 0.6) is 0 Å². The number of likely N-dealkylation sites (tertiary alicyclic amines) is 1. The lowest BCUT2D eigenvalue weighted by molar-refractivity contribution is -0.0607. The van der Waals surface area contributed by atoms with E-state index in [0.29, 0.717) is 19.1 Å². The standard InChI is InChI=1S/C8H14N2O2/c1-8(12)4-10(5-8)7(11)9-6-2-3-6/h6,12H,2-5H2,1H3,(H,9,11). The van der Waals surface area contributed by atoms with Gasteiger partial charge in [0, 0.05) is 6.04 Å².